The van der Waals surface area contributed by atoms with E-state index < -0.39 is 12.0 Å². The van der Waals surface area contributed by atoms with Crippen LogP contribution < -0.4 is 0 Å². The first kappa shape index (κ1) is 44.5. The van der Waals surface area contributed by atoms with Crippen LogP contribution in [0.15, 0.2) is 102 Å². The third kappa shape index (κ3) is 10.7. The number of carbonyl (C=O) groups is 1. The molecule has 1 aliphatic carbocycles. The van der Waals surface area contributed by atoms with Gasteiger partial charge in [0, 0.05) is 36.8 Å². The molecule has 4 atom stereocenters. The lowest BCUT2D eigenvalue weighted by molar-refractivity contribution is -0.153. The number of thiazole rings is 2. The van der Waals surface area contributed by atoms with Gasteiger partial charge in [-0.05, 0) is 130 Å². The van der Waals surface area contributed by atoms with E-state index in [0.29, 0.717) is 6.42 Å². The highest BCUT2D eigenvalue weighted by molar-refractivity contribution is 7.99. The minimum atomic E-state index is -0.801. The fourth-order valence-corrected chi connectivity index (χ4v) is 12.8. The summed E-state index contributed by atoms with van der Waals surface area (Å²) < 4.78 is 21.6. The summed E-state index contributed by atoms with van der Waals surface area (Å²) in [4.78, 5) is 29.5. The number of hydrogen-bond acceptors (Lipinski definition) is 12. The number of aromatic nitrogens is 2. The molecule has 6 aromatic rings. The lowest BCUT2D eigenvalue weighted by atomic mass is 9.83. The SMILES string of the molecule is COC(=O)C(C(O)CCCc1cccc(C(OC2CCN(C)CC2)c2nc3ccccc3s2)c1)C1(CSc2cccc(C(OC3CCN(C)CC3)c3nc4ccccc4s3)c2)CC1. The van der Waals surface area contributed by atoms with Gasteiger partial charge in [0.15, 0.2) is 0 Å². The standard InChI is InChI=1S/C51H60N4O5S3/c1-54-27-21-37(22-28-54)59-46(48-52-40-16-4-6-19-43(40)62-48)35-13-8-11-34(31-35)12-9-18-42(56)45(50(57)58-3)51(25-26-51)33-61-39-15-10-14-36(32-39)47(60-38-23-29-55(2)30-24-38)49-53-41-17-5-7-20-44(41)63-49/h4-8,10-11,13-17,19-20,31-32,37-38,42,45-47,56H,9,12,18,21-30,33H2,1-3H3. The van der Waals surface area contributed by atoms with Crippen molar-refractivity contribution >= 4 is 60.8 Å². The molecule has 3 fully saturated rings. The summed E-state index contributed by atoms with van der Waals surface area (Å²) >= 11 is 5.18. The third-order valence-corrected chi connectivity index (χ3v) is 16.8. The Kier molecular flexibility index (Phi) is 14.3. The average molecular weight is 905 g/mol. The molecule has 9 nitrogen and oxygen atoms in total. The number of aliphatic hydroxyl groups excluding tert-OH is 1. The first-order chi connectivity index (χ1) is 30.7. The van der Waals surface area contributed by atoms with Gasteiger partial charge < -0.3 is 29.1 Å². The molecule has 0 bridgehead atoms. The number of piperidine rings is 2. The maximum atomic E-state index is 13.5. The third-order valence-electron chi connectivity index (χ3n) is 13.4. The molecule has 4 aromatic carbocycles. The molecule has 12 heteroatoms. The number of methoxy groups -OCH3 is 1. The number of hydrogen-bond donors (Lipinski definition) is 1. The number of esters is 1. The predicted molar refractivity (Wildman–Crippen MR) is 256 cm³/mol. The molecule has 9 rings (SSSR count). The van der Waals surface area contributed by atoms with Crippen LogP contribution in [-0.4, -0.2) is 102 Å². The second-order valence-corrected chi connectivity index (χ2v) is 21.2. The summed E-state index contributed by atoms with van der Waals surface area (Å²) in [6, 6.07) is 33.9. The van der Waals surface area contributed by atoms with Gasteiger partial charge in [-0.15, -0.1) is 34.4 Å². The topological polar surface area (TPSA) is 97.3 Å². The molecule has 332 valence electrons. The van der Waals surface area contributed by atoms with Crippen LogP contribution in [0.1, 0.15) is 90.3 Å². The fraction of sp³-hybridized carbons (Fsp3) is 0.471. The number of likely N-dealkylation sites (tertiary alicyclic amines) is 2. The van der Waals surface area contributed by atoms with E-state index in [2.05, 4.69) is 109 Å². The molecule has 0 spiro atoms. The van der Waals surface area contributed by atoms with Crippen molar-refractivity contribution in [3.63, 3.8) is 0 Å². The van der Waals surface area contributed by atoms with E-state index in [0.717, 1.165) is 130 Å². The van der Waals surface area contributed by atoms with E-state index in [1.54, 1.807) is 34.4 Å². The molecular weight excluding hydrogens is 845 g/mol. The number of benzene rings is 4. The van der Waals surface area contributed by atoms with Crippen LogP contribution in [0, 0.1) is 11.3 Å². The van der Waals surface area contributed by atoms with E-state index in [-0.39, 0.29) is 35.8 Å². The zero-order valence-corrected chi connectivity index (χ0v) is 39.1. The summed E-state index contributed by atoms with van der Waals surface area (Å²) in [5.74, 6) is -0.177. The van der Waals surface area contributed by atoms with Gasteiger partial charge in [-0.3, -0.25) is 4.79 Å². The van der Waals surface area contributed by atoms with E-state index in [1.807, 2.05) is 12.1 Å². The van der Waals surface area contributed by atoms with Crippen molar-refractivity contribution in [3.8, 4) is 0 Å². The molecule has 1 saturated carbocycles. The van der Waals surface area contributed by atoms with Crippen molar-refractivity contribution in [2.24, 2.45) is 11.3 Å². The summed E-state index contributed by atoms with van der Waals surface area (Å²) in [5.41, 5.74) is 5.07. The molecular formula is C51H60N4O5S3. The number of para-hydroxylation sites is 2. The number of aryl methyl sites for hydroxylation is 1. The molecule has 4 heterocycles. The highest BCUT2D eigenvalue weighted by atomic mass is 32.2. The summed E-state index contributed by atoms with van der Waals surface area (Å²) in [5, 5.41) is 13.8. The van der Waals surface area contributed by atoms with Gasteiger partial charge in [0.2, 0.25) is 0 Å². The molecule has 0 amide bonds. The van der Waals surface area contributed by atoms with Gasteiger partial charge in [-0.1, -0.05) is 60.7 Å². The summed E-state index contributed by atoms with van der Waals surface area (Å²) in [6.45, 7) is 4.10. The molecule has 63 heavy (non-hydrogen) atoms. The van der Waals surface area contributed by atoms with Gasteiger partial charge in [-0.25, -0.2) is 9.97 Å². The van der Waals surface area contributed by atoms with Crippen LogP contribution in [0.2, 0.25) is 0 Å². The number of thioether (sulfide) groups is 1. The number of fused-ring (bicyclic) bond motifs is 2. The zero-order valence-electron chi connectivity index (χ0n) is 36.7. The van der Waals surface area contributed by atoms with Crippen molar-refractivity contribution in [1.29, 1.82) is 0 Å². The first-order valence-electron chi connectivity index (χ1n) is 22.7. The molecule has 2 aromatic heterocycles. The Labute approximate surface area is 384 Å². The molecule has 2 saturated heterocycles. The van der Waals surface area contributed by atoms with E-state index >= 15 is 0 Å². The monoisotopic (exact) mass is 904 g/mol. The first-order valence-corrected chi connectivity index (χ1v) is 25.3. The van der Waals surface area contributed by atoms with Crippen molar-refractivity contribution in [1.82, 2.24) is 19.8 Å². The molecule has 4 unspecified atom stereocenters. The van der Waals surface area contributed by atoms with Crippen molar-refractivity contribution < 1.29 is 24.1 Å². The van der Waals surface area contributed by atoms with Crippen LogP contribution >= 0.6 is 34.4 Å². The van der Waals surface area contributed by atoms with Crippen molar-refractivity contribution in [2.45, 2.75) is 93.2 Å². The Balaban J connectivity index is 0.863. The molecule has 1 N–H and O–H groups in total. The number of carbonyl (C=O) groups excluding carboxylic acids is 1. The normalized spacial score (nSPS) is 19.6. The second kappa shape index (κ2) is 20.2. The summed E-state index contributed by atoms with van der Waals surface area (Å²) in [6.07, 6.45) is 6.84. The largest absolute Gasteiger partial charge is 0.469 e. The van der Waals surface area contributed by atoms with Crippen molar-refractivity contribution in [3.05, 3.63) is 124 Å². The lowest BCUT2D eigenvalue weighted by Crippen LogP contribution is -2.38. The smallest absolute Gasteiger partial charge is 0.311 e. The van der Waals surface area contributed by atoms with Crippen LogP contribution in [0.4, 0.5) is 0 Å². The van der Waals surface area contributed by atoms with Crippen LogP contribution in [0.3, 0.4) is 0 Å². The molecule has 0 radical (unpaired) electrons. The fourth-order valence-electron chi connectivity index (χ4n) is 9.43. The quantitative estimate of drug-likeness (QED) is 0.0663. The van der Waals surface area contributed by atoms with Crippen LogP contribution in [0.5, 0.6) is 0 Å². The van der Waals surface area contributed by atoms with Crippen molar-refractivity contribution in [2.75, 3.05) is 53.1 Å². The molecule has 3 aliphatic rings. The van der Waals surface area contributed by atoms with E-state index in [1.165, 1.54) is 12.7 Å². The van der Waals surface area contributed by atoms with Gasteiger partial charge in [-0.2, -0.15) is 0 Å². The number of ether oxygens (including phenoxy) is 3. The second-order valence-electron chi connectivity index (χ2n) is 18.0. The van der Waals surface area contributed by atoms with Gasteiger partial charge in [0.1, 0.15) is 22.2 Å². The Bertz CT molecular complexity index is 2390. The van der Waals surface area contributed by atoms with Gasteiger partial charge in [0.05, 0.1) is 51.8 Å². The highest BCUT2D eigenvalue weighted by Crippen LogP contribution is 2.57. The Hall–Kier alpha value is -3.72. The molecule has 2 aliphatic heterocycles. The Morgan fingerprint density at radius 2 is 1.30 bits per heavy atom. The van der Waals surface area contributed by atoms with E-state index in [4.69, 9.17) is 24.2 Å². The van der Waals surface area contributed by atoms with Gasteiger partial charge >= 0.3 is 5.97 Å². The number of aliphatic hydroxyl groups is 1. The zero-order chi connectivity index (χ0) is 43.3. The summed E-state index contributed by atoms with van der Waals surface area (Å²) in [7, 11) is 5.79. The Morgan fingerprint density at radius 3 is 1.84 bits per heavy atom. The maximum absolute atomic E-state index is 13.5. The highest BCUT2D eigenvalue weighted by Gasteiger charge is 2.55. The Morgan fingerprint density at radius 1 is 0.762 bits per heavy atom. The predicted octanol–water partition coefficient (Wildman–Crippen LogP) is 10.4. The number of nitrogens with zero attached hydrogens (tertiary/aromatic N) is 4. The minimum Gasteiger partial charge on any atom is -0.469 e. The minimum absolute atomic E-state index is 0.167. The average Bonchev–Trinajstić information content (AvgIpc) is 3.74. The van der Waals surface area contributed by atoms with Gasteiger partial charge in [0.25, 0.3) is 0 Å². The van der Waals surface area contributed by atoms with Crippen LogP contribution in [0.25, 0.3) is 20.4 Å². The number of rotatable bonds is 18. The lowest BCUT2D eigenvalue weighted by Gasteiger charge is -2.31. The van der Waals surface area contributed by atoms with E-state index in [9.17, 15) is 9.90 Å². The van der Waals surface area contributed by atoms with Crippen LogP contribution in [-0.2, 0) is 25.4 Å². The maximum Gasteiger partial charge on any atom is 0.311 e.